The van der Waals surface area contributed by atoms with E-state index in [0.717, 1.165) is 11.1 Å². The topological polar surface area (TPSA) is 64.9 Å². The van der Waals surface area contributed by atoms with Crippen LogP contribution in [0.2, 0.25) is 0 Å². The van der Waals surface area contributed by atoms with Crippen LogP contribution in [0.15, 0.2) is 41.8 Å². The Kier molecular flexibility index (Phi) is 2.23. The van der Waals surface area contributed by atoms with Crippen LogP contribution in [0.5, 0.6) is 0 Å². The number of hydrogen-bond donors (Lipinski definition) is 2. The first kappa shape index (κ1) is 10.1. The Bertz CT molecular complexity index is 688. The van der Waals surface area contributed by atoms with Gasteiger partial charge in [-0.3, -0.25) is 0 Å². The van der Waals surface area contributed by atoms with Gasteiger partial charge in [-0.05, 0) is 35.2 Å². The molecule has 0 unspecified atom stereocenters. The molecule has 0 saturated carbocycles. The standard InChI is InChI=1S/C13H11N3S/c14-12-5-4-10(13(15)16-12)8-2-1-3-11-9(8)6-7-17-11/h1-7H,(H4,14,15,16). The quantitative estimate of drug-likeness (QED) is 0.688. The second-order valence-corrected chi connectivity index (χ2v) is 4.75. The lowest BCUT2D eigenvalue weighted by molar-refractivity contribution is 1.35. The van der Waals surface area contributed by atoms with Crippen molar-refractivity contribution in [2.24, 2.45) is 0 Å². The molecule has 0 aliphatic carbocycles. The van der Waals surface area contributed by atoms with Crippen molar-refractivity contribution in [2.45, 2.75) is 0 Å². The van der Waals surface area contributed by atoms with Crippen LogP contribution in [0.25, 0.3) is 21.2 Å². The molecule has 3 aromatic rings. The molecular formula is C13H11N3S. The van der Waals surface area contributed by atoms with Crippen LogP contribution in [0.4, 0.5) is 11.6 Å². The highest BCUT2D eigenvalue weighted by Gasteiger charge is 2.08. The summed E-state index contributed by atoms with van der Waals surface area (Å²) in [6.45, 7) is 0. The van der Waals surface area contributed by atoms with Crippen LogP contribution in [-0.2, 0) is 0 Å². The number of aromatic nitrogens is 1. The first-order valence-corrected chi connectivity index (χ1v) is 6.12. The molecule has 1 aromatic carbocycles. The fourth-order valence-corrected chi connectivity index (χ4v) is 2.76. The highest BCUT2D eigenvalue weighted by molar-refractivity contribution is 7.17. The predicted molar refractivity (Wildman–Crippen MR) is 73.9 cm³/mol. The number of fused-ring (bicyclic) bond motifs is 1. The molecule has 0 radical (unpaired) electrons. The van der Waals surface area contributed by atoms with E-state index in [1.165, 1.54) is 10.1 Å². The maximum absolute atomic E-state index is 5.93. The third kappa shape index (κ3) is 1.62. The van der Waals surface area contributed by atoms with Crippen molar-refractivity contribution >= 4 is 33.1 Å². The first-order chi connectivity index (χ1) is 8.25. The van der Waals surface area contributed by atoms with Gasteiger partial charge in [0.15, 0.2) is 0 Å². The molecule has 4 heteroatoms. The minimum absolute atomic E-state index is 0.448. The van der Waals surface area contributed by atoms with Crippen molar-refractivity contribution in [3.8, 4) is 11.1 Å². The lowest BCUT2D eigenvalue weighted by atomic mass is 10.0. The minimum atomic E-state index is 0.448. The third-order valence-electron chi connectivity index (χ3n) is 2.73. The molecule has 0 saturated heterocycles. The van der Waals surface area contributed by atoms with Gasteiger partial charge in [0.25, 0.3) is 0 Å². The first-order valence-electron chi connectivity index (χ1n) is 5.24. The number of hydrogen-bond acceptors (Lipinski definition) is 4. The van der Waals surface area contributed by atoms with Crippen LogP contribution in [0.1, 0.15) is 0 Å². The second kappa shape index (κ2) is 3.75. The molecule has 17 heavy (non-hydrogen) atoms. The number of rotatable bonds is 1. The smallest absolute Gasteiger partial charge is 0.133 e. The number of thiophene rings is 1. The summed E-state index contributed by atoms with van der Waals surface area (Å²) < 4.78 is 1.25. The zero-order valence-corrected chi connectivity index (χ0v) is 9.87. The molecule has 2 aromatic heterocycles. The summed E-state index contributed by atoms with van der Waals surface area (Å²) in [7, 11) is 0. The van der Waals surface area contributed by atoms with Gasteiger partial charge in [-0.25, -0.2) is 4.98 Å². The zero-order chi connectivity index (χ0) is 11.8. The Hall–Kier alpha value is -2.07. The lowest BCUT2D eigenvalue weighted by Crippen LogP contribution is -1.98. The van der Waals surface area contributed by atoms with E-state index < -0.39 is 0 Å². The Morgan fingerprint density at radius 3 is 2.65 bits per heavy atom. The van der Waals surface area contributed by atoms with E-state index in [4.69, 9.17) is 11.5 Å². The van der Waals surface area contributed by atoms with Crippen molar-refractivity contribution in [1.29, 1.82) is 0 Å². The SMILES string of the molecule is Nc1ccc(-c2cccc3sccc23)c(N)n1. The van der Waals surface area contributed by atoms with Gasteiger partial charge >= 0.3 is 0 Å². The van der Waals surface area contributed by atoms with Crippen LogP contribution in [-0.4, -0.2) is 4.98 Å². The average Bonchev–Trinajstić information content (AvgIpc) is 2.77. The van der Waals surface area contributed by atoms with Gasteiger partial charge in [-0.1, -0.05) is 12.1 Å². The number of nitrogens with two attached hydrogens (primary N) is 2. The molecule has 0 aliphatic heterocycles. The summed E-state index contributed by atoms with van der Waals surface area (Å²) in [5.74, 6) is 0.924. The van der Waals surface area contributed by atoms with E-state index in [0.29, 0.717) is 11.6 Å². The van der Waals surface area contributed by atoms with E-state index in [9.17, 15) is 0 Å². The number of benzene rings is 1. The van der Waals surface area contributed by atoms with Crippen LogP contribution >= 0.6 is 11.3 Å². The van der Waals surface area contributed by atoms with Gasteiger partial charge in [-0.2, -0.15) is 0 Å². The molecule has 2 heterocycles. The molecule has 84 valence electrons. The maximum Gasteiger partial charge on any atom is 0.133 e. The number of nitrogen functional groups attached to an aromatic ring is 2. The summed E-state index contributed by atoms with van der Waals surface area (Å²) >= 11 is 1.72. The summed E-state index contributed by atoms with van der Waals surface area (Å²) in [5.41, 5.74) is 13.6. The van der Waals surface area contributed by atoms with Crippen molar-refractivity contribution in [3.05, 3.63) is 41.8 Å². The van der Waals surface area contributed by atoms with Gasteiger partial charge in [-0.15, -0.1) is 11.3 Å². The molecular weight excluding hydrogens is 230 g/mol. The number of anilines is 2. The van der Waals surface area contributed by atoms with Gasteiger partial charge in [0.2, 0.25) is 0 Å². The molecule has 3 rings (SSSR count). The van der Waals surface area contributed by atoms with Crippen molar-refractivity contribution < 1.29 is 0 Å². The number of pyridine rings is 1. The molecule has 0 bridgehead atoms. The van der Waals surface area contributed by atoms with E-state index >= 15 is 0 Å². The van der Waals surface area contributed by atoms with Crippen LogP contribution < -0.4 is 11.5 Å². The van der Waals surface area contributed by atoms with Crippen molar-refractivity contribution in [3.63, 3.8) is 0 Å². The average molecular weight is 241 g/mol. The summed E-state index contributed by atoms with van der Waals surface area (Å²) in [5, 5.41) is 3.28. The summed E-state index contributed by atoms with van der Waals surface area (Å²) in [6.07, 6.45) is 0. The fraction of sp³-hybridized carbons (Fsp3) is 0. The highest BCUT2D eigenvalue weighted by atomic mass is 32.1. The van der Waals surface area contributed by atoms with Gasteiger partial charge in [0.1, 0.15) is 11.6 Å². The monoisotopic (exact) mass is 241 g/mol. The van der Waals surface area contributed by atoms with Gasteiger partial charge in [0.05, 0.1) is 0 Å². The molecule has 0 aliphatic rings. The predicted octanol–water partition coefficient (Wildman–Crippen LogP) is 3.13. The van der Waals surface area contributed by atoms with E-state index in [2.05, 4.69) is 28.6 Å². The number of nitrogens with zero attached hydrogens (tertiary/aromatic N) is 1. The van der Waals surface area contributed by atoms with Gasteiger partial charge < -0.3 is 11.5 Å². The lowest BCUT2D eigenvalue weighted by Gasteiger charge is -2.07. The minimum Gasteiger partial charge on any atom is -0.384 e. The van der Waals surface area contributed by atoms with Crippen LogP contribution in [0.3, 0.4) is 0 Å². The summed E-state index contributed by atoms with van der Waals surface area (Å²) in [6, 6.07) is 12.0. The van der Waals surface area contributed by atoms with Gasteiger partial charge in [0, 0.05) is 15.6 Å². The summed E-state index contributed by atoms with van der Waals surface area (Å²) in [4.78, 5) is 4.10. The van der Waals surface area contributed by atoms with Crippen LogP contribution in [0, 0.1) is 0 Å². The van der Waals surface area contributed by atoms with E-state index in [1.807, 2.05) is 12.1 Å². The largest absolute Gasteiger partial charge is 0.384 e. The normalized spacial score (nSPS) is 10.8. The molecule has 0 amide bonds. The molecule has 0 spiro atoms. The Balaban J connectivity index is 2.30. The maximum atomic E-state index is 5.93. The Labute approximate surface area is 103 Å². The molecule has 4 N–H and O–H groups in total. The second-order valence-electron chi connectivity index (χ2n) is 3.81. The third-order valence-corrected chi connectivity index (χ3v) is 3.61. The zero-order valence-electron chi connectivity index (χ0n) is 9.05. The molecule has 3 nitrogen and oxygen atoms in total. The van der Waals surface area contributed by atoms with Crippen molar-refractivity contribution in [2.75, 3.05) is 11.5 Å². The highest BCUT2D eigenvalue weighted by Crippen LogP contribution is 2.34. The molecule has 0 fully saturated rings. The van der Waals surface area contributed by atoms with E-state index in [1.54, 1.807) is 17.4 Å². The Morgan fingerprint density at radius 2 is 1.82 bits per heavy atom. The molecule has 0 atom stereocenters. The van der Waals surface area contributed by atoms with E-state index in [-0.39, 0.29) is 0 Å². The Morgan fingerprint density at radius 1 is 0.941 bits per heavy atom. The van der Waals surface area contributed by atoms with Crippen molar-refractivity contribution in [1.82, 2.24) is 4.98 Å². The fourth-order valence-electron chi connectivity index (χ4n) is 1.95.